The second kappa shape index (κ2) is 6.13. The van der Waals surface area contributed by atoms with E-state index in [0.29, 0.717) is 12.3 Å². The number of hydrogen-bond donors (Lipinski definition) is 2. The van der Waals surface area contributed by atoms with Crippen molar-refractivity contribution in [1.82, 2.24) is 5.32 Å². The quantitative estimate of drug-likeness (QED) is 0.761. The van der Waals surface area contributed by atoms with E-state index in [2.05, 4.69) is 5.32 Å². The monoisotopic (exact) mass is 279 g/mol. The van der Waals surface area contributed by atoms with Crippen LogP contribution in [0, 0.1) is 5.92 Å². The summed E-state index contributed by atoms with van der Waals surface area (Å²) in [5.74, 6) is 0.708. The smallest absolute Gasteiger partial charge is 0.327 e. The van der Waals surface area contributed by atoms with Crippen molar-refractivity contribution in [3.8, 4) is 11.5 Å². The average Bonchev–Trinajstić information content (AvgIpc) is 3.28. The van der Waals surface area contributed by atoms with Crippen LogP contribution in [0.2, 0.25) is 0 Å². The fourth-order valence-electron chi connectivity index (χ4n) is 2.39. The zero-order chi connectivity index (χ0) is 14.6. The number of aliphatic carboxylic acids is 1. The Morgan fingerprint density at radius 1 is 1.35 bits per heavy atom. The Hall–Kier alpha value is -1.75. The molecular formula is C15H21NO4. The van der Waals surface area contributed by atoms with Crippen LogP contribution in [0.5, 0.6) is 11.5 Å². The summed E-state index contributed by atoms with van der Waals surface area (Å²) in [6.07, 6.45) is 1.87. The third kappa shape index (κ3) is 3.04. The minimum Gasteiger partial charge on any atom is -0.497 e. The third-order valence-corrected chi connectivity index (χ3v) is 3.67. The Bertz CT molecular complexity index is 455. The lowest BCUT2D eigenvalue weighted by Gasteiger charge is -2.30. The van der Waals surface area contributed by atoms with Gasteiger partial charge in [0.05, 0.1) is 7.11 Å². The first-order valence-electron chi connectivity index (χ1n) is 6.87. The molecule has 5 heteroatoms. The maximum atomic E-state index is 11.7. The number of carboxylic acid groups (broad SMARTS) is 1. The fourth-order valence-corrected chi connectivity index (χ4v) is 2.39. The number of nitrogens with one attached hydrogen (secondary N) is 1. The minimum atomic E-state index is -0.978. The second-order valence-electron chi connectivity index (χ2n) is 5.05. The Morgan fingerprint density at radius 3 is 2.40 bits per heavy atom. The van der Waals surface area contributed by atoms with Crippen molar-refractivity contribution in [3.05, 3.63) is 24.3 Å². The lowest BCUT2D eigenvalue weighted by molar-refractivity contribution is -0.147. The predicted octanol–water partition coefficient (Wildman–Crippen LogP) is 1.92. The summed E-state index contributed by atoms with van der Waals surface area (Å²) in [5, 5.41) is 12.7. The molecule has 0 aromatic heterocycles. The van der Waals surface area contributed by atoms with Crippen molar-refractivity contribution in [2.45, 2.75) is 25.3 Å². The molecule has 1 atom stereocenters. The van der Waals surface area contributed by atoms with Gasteiger partial charge in [-0.05, 0) is 49.6 Å². The van der Waals surface area contributed by atoms with Crippen LogP contribution in [-0.4, -0.2) is 36.9 Å². The van der Waals surface area contributed by atoms with Crippen LogP contribution in [0.15, 0.2) is 24.3 Å². The predicted molar refractivity (Wildman–Crippen MR) is 75.3 cm³/mol. The standard InChI is InChI=1S/C15H21NO4/c1-3-16-15(14(17)18,11-4-5-11)10-20-13-8-6-12(19-2)7-9-13/h6-9,11,16H,3-5,10H2,1-2H3,(H,17,18). The molecule has 1 saturated carbocycles. The van der Waals surface area contributed by atoms with E-state index in [0.717, 1.165) is 18.6 Å². The van der Waals surface area contributed by atoms with E-state index in [1.165, 1.54) is 0 Å². The van der Waals surface area contributed by atoms with E-state index in [4.69, 9.17) is 9.47 Å². The summed E-state index contributed by atoms with van der Waals surface area (Å²) in [6.45, 7) is 2.65. The van der Waals surface area contributed by atoms with Crippen LogP contribution < -0.4 is 14.8 Å². The van der Waals surface area contributed by atoms with E-state index < -0.39 is 11.5 Å². The van der Waals surface area contributed by atoms with Crippen LogP contribution in [0.25, 0.3) is 0 Å². The number of benzene rings is 1. The molecule has 0 heterocycles. The molecule has 0 saturated heterocycles. The highest BCUT2D eigenvalue weighted by molar-refractivity contribution is 5.80. The molecule has 0 bridgehead atoms. The van der Waals surface area contributed by atoms with Gasteiger partial charge in [-0.25, -0.2) is 0 Å². The number of ether oxygens (including phenoxy) is 2. The van der Waals surface area contributed by atoms with E-state index in [1.807, 2.05) is 6.92 Å². The van der Waals surface area contributed by atoms with Gasteiger partial charge in [0.2, 0.25) is 0 Å². The Kier molecular flexibility index (Phi) is 4.49. The van der Waals surface area contributed by atoms with Crippen LogP contribution in [-0.2, 0) is 4.79 Å². The topological polar surface area (TPSA) is 67.8 Å². The van der Waals surface area contributed by atoms with Crippen LogP contribution in [0.4, 0.5) is 0 Å². The summed E-state index contributed by atoms with van der Waals surface area (Å²) in [4.78, 5) is 11.7. The average molecular weight is 279 g/mol. The molecular weight excluding hydrogens is 258 g/mol. The van der Waals surface area contributed by atoms with Crippen LogP contribution in [0.3, 0.4) is 0 Å². The summed E-state index contributed by atoms with van der Waals surface area (Å²) in [5.41, 5.74) is -0.978. The van der Waals surface area contributed by atoms with Crippen molar-refractivity contribution in [2.24, 2.45) is 5.92 Å². The van der Waals surface area contributed by atoms with E-state index in [9.17, 15) is 9.90 Å². The van der Waals surface area contributed by atoms with Crippen molar-refractivity contribution in [2.75, 3.05) is 20.3 Å². The first-order valence-corrected chi connectivity index (χ1v) is 6.87. The lowest BCUT2D eigenvalue weighted by atomic mass is 9.94. The molecule has 2 rings (SSSR count). The van der Waals surface area contributed by atoms with E-state index >= 15 is 0 Å². The Balaban J connectivity index is 2.05. The molecule has 1 aliphatic rings. The van der Waals surface area contributed by atoms with Gasteiger partial charge in [0.15, 0.2) is 5.54 Å². The Labute approximate surface area is 118 Å². The van der Waals surface area contributed by atoms with Gasteiger partial charge in [0.25, 0.3) is 0 Å². The van der Waals surface area contributed by atoms with Gasteiger partial charge < -0.3 is 14.6 Å². The van der Waals surface area contributed by atoms with Crippen molar-refractivity contribution >= 4 is 5.97 Å². The lowest BCUT2D eigenvalue weighted by Crippen LogP contribution is -2.58. The zero-order valence-electron chi connectivity index (χ0n) is 11.9. The molecule has 1 fully saturated rings. The third-order valence-electron chi connectivity index (χ3n) is 3.67. The molecule has 20 heavy (non-hydrogen) atoms. The molecule has 5 nitrogen and oxygen atoms in total. The van der Waals surface area contributed by atoms with Crippen LogP contribution >= 0.6 is 0 Å². The number of methoxy groups -OCH3 is 1. The normalized spacial score (nSPS) is 17.3. The molecule has 2 N–H and O–H groups in total. The molecule has 0 radical (unpaired) electrons. The van der Waals surface area contributed by atoms with E-state index in [-0.39, 0.29) is 12.5 Å². The number of likely N-dealkylation sites (N-methyl/N-ethyl adjacent to an activating group) is 1. The van der Waals surface area contributed by atoms with Gasteiger partial charge in [-0.2, -0.15) is 0 Å². The Morgan fingerprint density at radius 2 is 1.95 bits per heavy atom. The first-order chi connectivity index (χ1) is 9.62. The summed E-state index contributed by atoms with van der Waals surface area (Å²) in [7, 11) is 1.60. The molecule has 1 aromatic carbocycles. The molecule has 1 aromatic rings. The highest BCUT2D eigenvalue weighted by Gasteiger charge is 2.51. The second-order valence-corrected chi connectivity index (χ2v) is 5.05. The molecule has 110 valence electrons. The van der Waals surface area contributed by atoms with Crippen molar-refractivity contribution < 1.29 is 19.4 Å². The number of rotatable bonds is 8. The SMILES string of the molecule is CCNC(COc1ccc(OC)cc1)(C(=O)O)C1CC1. The molecule has 0 spiro atoms. The van der Waals surface area contributed by atoms with Gasteiger partial charge in [-0.1, -0.05) is 6.92 Å². The highest BCUT2D eigenvalue weighted by atomic mass is 16.5. The van der Waals surface area contributed by atoms with Gasteiger partial charge in [-0.3, -0.25) is 10.1 Å². The van der Waals surface area contributed by atoms with Gasteiger partial charge >= 0.3 is 5.97 Å². The summed E-state index contributed by atoms with van der Waals surface area (Å²) in [6, 6.07) is 7.15. The molecule has 0 aliphatic heterocycles. The van der Waals surface area contributed by atoms with Gasteiger partial charge in [-0.15, -0.1) is 0 Å². The number of hydrogen-bond acceptors (Lipinski definition) is 4. The zero-order valence-corrected chi connectivity index (χ0v) is 11.9. The highest BCUT2D eigenvalue weighted by Crippen LogP contribution is 2.40. The molecule has 1 aliphatic carbocycles. The fraction of sp³-hybridized carbons (Fsp3) is 0.533. The van der Waals surface area contributed by atoms with Crippen molar-refractivity contribution in [3.63, 3.8) is 0 Å². The van der Waals surface area contributed by atoms with Crippen LogP contribution in [0.1, 0.15) is 19.8 Å². The largest absolute Gasteiger partial charge is 0.497 e. The number of carbonyl (C=O) groups is 1. The van der Waals surface area contributed by atoms with Gasteiger partial charge in [0, 0.05) is 0 Å². The summed E-state index contributed by atoms with van der Waals surface area (Å²) >= 11 is 0. The molecule has 1 unspecified atom stereocenters. The summed E-state index contributed by atoms with van der Waals surface area (Å²) < 4.78 is 10.8. The number of carboxylic acids is 1. The van der Waals surface area contributed by atoms with E-state index in [1.54, 1.807) is 31.4 Å². The van der Waals surface area contributed by atoms with Gasteiger partial charge in [0.1, 0.15) is 18.1 Å². The maximum absolute atomic E-state index is 11.7. The minimum absolute atomic E-state index is 0.132. The van der Waals surface area contributed by atoms with Crippen molar-refractivity contribution in [1.29, 1.82) is 0 Å². The first kappa shape index (κ1) is 14.7. The maximum Gasteiger partial charge on any atom is 0.327 e. The molecule has 0 amide bonds.